The average Bonchev–Trinajstić information content (AvgIpc) is 2.23. The highest BCUT2D eigenvalue weighted by atomic mass is 16.7. The number of hydrogen-bond acceptors (Lipinski definition) is 6. The molecule has 0 aromatic heterocycles. The summed E-state index contributed by atoms with van der Waals surface area (Å²) in [5.74, 6) is -1.53. The Hall–Kier alpha value is -2.52. The van der Waals surface area contributed by atoms with Crippen molar-refractivity contribution in [1.82, 2.24) is 11.0 Å². The number of primary amides is 2. The molecule has 0 saturated heterocycles. The maximum Gasteiger partial charge on any atom is 0.345 e. The van der Waals surface area contributed by atoms with E-state index in [2.05, 4.69) is 21.1 Å². The number of hydrogen-bond donors (Lipinski definition) is 4. The highest BCUT2D eigenvalue weighted by Crippen LogP contribution is 1.98. The number of nitrogens with two attached hydrogens (primary N) is 2. The SMILES string of the molecule is NC(=O)NOC(=O)CCCC(=O)ONC(N)=O. The number of carbonyl (C=O) groups is 4. The smallest absolute Gasteiger partial charge is 0.345 e. The van der Waals surface area contributed by atoms with Crippen LogP contribution in [0, 0.1) is 0 Å². The quantitative estimate of drug-likeness (QED) is 0.438. The standard InChI is InChI=1S/C7H12N4O6/c8-6(14)10-16-4(12)2-1-3-5(13)17-11-7(9)15/h1-3H2,(H3,8,10,14)(H3,9,11,15). The first-order chi connectivity index (χ1) is 7.91. The Morgan fingerprint density at radius 1 is 0.824 bits per heavy atom. The van der Waals surface area contributed by atoms with Crippen molar-refractivity contribution in [2.45, 2.75) is 19.3 Å². The van der Waals surface area contributed by atoms with Crippen LogP contribution in [0.15, 0.2) is 0 Å². The van der Waals surface area contributed by atoms with E-state index in [1.807, 2.05) is 0 Å². The van der Waals surface area contributed by atoms with Gasteiger partial charge in [0.25, 0.3) is 0 Å². The fourth-order valence-corrected chi connectivity index (χ4v) is 0.694. The molecular formula is C7H12N4O6. The molecule has 0 radical (unpaired) electrons. The second-order valence-electron chi connectivity index (χ2n) is 2.73. The summed E-state index contributed by atoms with van der Waals surface area (Å²) in [5, 5.41) is 0. The van der Waals surface area contributed by atoms with Crippen LogP contribution < -0.4 is 22.4 Å². The summed E-state index contributed by atoms with van der Waals surface area (Å²) in [4.78, 5) is 50.4. The van der Waals surface area contributed by atoms with Crippen molar-refractivity contribution in [1.29, 1.82) is 0 Å². The highest BCUT2D eigenvalue weighted by molar-refractivity contribution is 5.76. The molecule has 0 bridgehead atoms. The normalized spacial score (nSPS) is 8.94. The van der Waals surface area contributed by atoms with Crippen molar-refractivity contribution < 1.29 is 28.9 Å². The summed E-state index contributed by atoms with van der Waals surface area (Å²) in [6.07, 6.45) is -0.156. The van der Waals surface area contributed by atoms with Crippen LogP contribution in [0.4, 0.5) is 9.59 Å². The first-order valence-corrected chi connectivity index (χ1v) is 4.42. The topological polar surface area (TPSA) is 163 Å². The zero-order valence-corrected chi connectivity index (χ0v) is 8.73. The second-order valence-corrected chi connectivity index (χ2v) is 2.73. The Bertz CT molecular complexity index is 287. The van der Waals surface area contributed by atoms with Crippen LogP contribution in [0.1, 0.15) is 19.3 Å². The summed E-state index contributed by atoms with van der Waals surface area (Å²) < 4.78 is 0. The van der Waals surface area contributed by atoms with Crippen LogP contribution in [0.3, 0.4) is 0 Å². The summed E-state index contributed by atoms with van der Waals surface area (Å²) in [5.41, 5.74) is 12.5. The largest absolute Gasteiger partial charge is 0.349 e. The van der Waals surface area contributed by atoms with Crippen molar-refractivity contribution in [3.63, 3.8) is 0 Å². The van der Waals surface area contributed by atoms with Gasteiger partial charge in [-0.2, -0.15) is 11.0 Å². The molecule has 0 atom stereocenters. The van der Waals surface area contributed by atoms with Crippen LogP contribution in [-0.4, -0.2) is 24.0 Å². The summed E-state index contributed by atoms with van der Waals surface area (Å²) in [6.45, 7) is 0. The third-order valence-corrected chi connectivity index (χ3v) is 1.29. The van der Waals surface area contributed by atoms with Gasteiger partial charge in [0.1, 0.15) is 0 Å². The Balaban J connectivity index is 3.55. The lowest BCUT2D eigenvalue weighted by Crippen LogP contribution is -2.32. The van der Waals surface area contributed by atoms with Gasteiger partial charge in [0, 0.05) is 12.8 Å². The molecule has 17 heavy (non-hydrogen) atoms. The van der Waals surface area contributed by atoms with E-state index in [-0.39, 0.29) is 19.3 Å². The molecule has 0 aliphatic heterocycles. The maximum absolute atomic E-state index is 10.9. The third kappa shape index (κ3) is 9.78. The van der Waals surface area contributed by atoms with E-state index in [1.165, 1.54) is 0 Å². The molecule has 0 aliphatic carbocycles. The van der Waals surface area contributed by atoms with Gasteiger partial charge in [-0.1, -0.05) is 0 Å². The molecule has 6 N–H and O–H groups in total. The lowest BCUT2D eigenvalue weighted by Gasteiger charge is -2.03. The predicted octanol–water partition coefficient (Wildman–Crippen LogP) is -1.59. The number of rotatable bonds is 4. The zero-order chi connectivity index (χ0) is 13.3. The lowest BCUT2D eigenvalue weighted by atomic mass is 10.2. The van der Waals surface area contributed by atoms with Crippen LogP contribution in [0.25, 0.3) is 0 Å². The molecule has 10 nitrogen and oxygen atoms in total. The molecule has 0 unspecified atom stereocenters. The number of carbonyl (C=O) groups excluding carboxylic acids is 4. The van der Waals surface area contributed by atoms with Gasteiger partial charge >= 0.3 is 24.0 Å². The monoisotopic (exact) mass is 248 g/mol. The van der Waals surface area contributed by atoms with Gasteiger partial charge in [-0.15, -0.1) is 0 Å². The summed E-state index contributed by atoms with van der Waals surface area (Å²) in [7, 11) is 0. The molecule has 4 amide bonds. The summed E-state index contributed by atoms with van der Waals surface area (Å²) in [6, 6.07) is -2.02. The van der Waals surface area contributed by atoms with Crippen molar-refractivity contribution in [2.75, 3.05) is 0 Å². The molecule has 10 heteroatoms. The third-order valence-electron chi connectivity index (χ3n) is 1.29. The predicted molar refractivity (Wildman–Crippen MR) is 51.5 cm³/mol. The van der Waals surface area contributed by atoms with E-state index < -0.39 is 24.0 Å². The number of urea groups is 2. The maximum atomic E-state index is 10.9. The highest BCUT2D eigenvalue weighted by Gasteiger charge is 2.08. The Morgan fingerprint density at radius 2 is 1.18 bits per heavy atom. The number of amides is 4. The van der Waals surface area contributed by atoms with Crippen molar-refractivity contribution >= 4 is 24.0 Å². The van der Waals surface area contributed by atoms with Gasteiger partial charge in [0.2, 0.25) is 0 Å². The number of hydroxylamine groups is 2. The zero-order valence-electron chi connectivity index (χ0n) is 8.73. The minimum absolute atomic E-state index is 0.110. The molecule has 0 aliphatic rings. The molecule has 0 rings (SSSR count). The Kier molecular flexibility index (Phi) is 6.58. The molecule has 0 aromatic rings. The van der Waals surface area contributed by atoms with Gasteiger partial charge in [0.15, 0.2) is 0 Å². The molecule has 0 aromatic carbocycles. The number of nitrogens with one attached hydrogen (secondary N) is 2. The summed E-state index contributed by atoms with van der Waals surface area (Å²) >= 11 is 0. The molecule has 0 spiro atoms. The minimum atomic E-state index is -1.01. The molecule has 0 heterocycles. The Morgan fingerprint density at radius 3 is 1.47 bits per heavy atom. The van der Waals surface area contributed by atoms with E-state index in [4.69, 9.17) is 0 Å². The lowest BCUT2D eigenvalue weighted by molar-refractivity contribution is -0.150. The minimum Gasteiger partial charge on any atom is -0.349 e. The average molecular weight is 248 g/mol. The van der Waals surface area contributed by atoms with Crippen LogP contribution >= 0.6 is 0 Å². The van der Waals surface area contributed by atoms with Gasteiger partial charge in [-0.25, -0.2) is 19.2 Å². The molecule has 0 saturated carbocycles. The molecular weight excluding hydrogens is 236 g/mol. The van der Waals surface area contributed by atoms with Gasteiger partial charge in [-0.05, 0) is 6.42 Å². The fraction of sp³-hybridized carbons (Fsp3) is 0.429. The van der Waals surface area contributed by atoms with E-state index in [9.17, 15) is 19.2 Å². The fourth-order valence-electron chi connectivity index (χ4n) is 0.694. The first kappa shape index (κ1) is 14.5. The van der Waals surface area contributed by atoms with E-state index in [0.29, 0.717) is 0 Å². The second kappa shape index (κ2) is 7.73. The van der Waals surface area contributed by atoms with Gasteiger partial charge in [0.05, 0.1) is 0 Å². The first-order valence-electron chi connectivity index (χ1n) is 4.42. The van der Waals surface area contributed by atoms with Gasteiger partial charge in [-0.3, -0.25) is 0 Å². The van der Waals surface area contributed by atoms with Crippen LogP contribution in [0.5, 0.6) is 0 Å². The van der Waals surface area contributed by atoms with Crippen LogP contribution in [-0.2, 0) is 19.3 Å². The van der Waals surface area contributed by atoms with Crippen molar-refractivity contribution in [3.05, 3.63) is 0 Å². The van der Waals surface area contributed by atoms with E-state index in [0.717, 1.165) is 0 Å². The van der Waals surface area contributed by atoms with Crippen LogP contribution in [0.2, 0.25) is 0 Å². The Labute approximate surface area is 95.5 Å². The van der Waals surface area contributed by atoms with Crippen molar-refractivity contribution in [2.24, 2.45) is 11.5 Å². The van der Waals surface area contributed by atoms with E-state index >= 15 is 0 Å². The molecule has 0 fully saturated rings. The van der Waals surface area contributed by atoms with Gasteiger partial charge < -0.3 is 21.1 Å². The van der Waals surface area contributed by atoms with Crippen molar-refractivity contribution in [3.8, 4) is 0 Å². The molecule has 96 valence electrons. The van der Waals surface area contributed by atoms with E-state index in [1.54, 1.807) is 11.0 Å².